The maximum absolute atomic E-state index is 8.56. The van der Waals surface area contributed by atoms with E-state index in [1.54, 1.807) is 6.21 Å². The number of nitrogens with zero attached hydrogens (tertiary/aromatic N) is 1. The summed E-state index contributed by atoms with van der Waals surface area (Å²) >= 11 is 0. The molecular formula is C13H20N2O2. The Morgan fingerprint density at radius 1 is 1.29 bits per heavy atom. The van der Waals surface area contributed by atoms with Gasteiger partial charge in [-0.05, 0) is 50.6 Å². The molecule has 1 aromatic rings. The summed E-state index contributed by atoms with van der Waals surface area (Å²) in [6.45, 7) is 6.58. The molecular weight excluding hydrogens is 216 g/mol. The molecule has 17 heavy (non-hydrogen) atoms. The van der Waals surface area contributed by atoms with Crippen LogP contribution < -0.4 is 10.2 Å². The van der Waals surface area contributed by atoms with Gasteiger partial charge in [0, 0.05) is 0 Å². The summed E-state index contributed by atoms with van der Waals surface area (Å²) in [6.07, 6.45) is 1.70. The average molecular weight is 236 g/mol. The SMILES string of the molecule is CC(C)(C)Oc1ccc(C=NNCCO)cc1. The van der Waals surface area contributed by atoms with E-state index in [2.05, 4.69) is 10.5 Å². The minimum Gasteiger partial charge on any atom is -0.488 e. The molecule has 1 rings (SSSR count). The zero-order chi connectivity index (χ0) is 12.7. The molecule has 0 amide bonds. The van der Waals surface area contributed by atoms with E-state index in [1.807, 2.05) is 45.0 Å². The van der Waals surface area contributed by atoms with E-state index in [1.165, 1.54) is 0 Å². The molecule has 0 aromatic heterocycles. The first-order valence-corrected chi connectivity index (χ1v) is 5.67. The molecule has 0 atom stereocenters. The van der Waals surface area contributed by atoms with Crippen LogP contribution in [0.25, 0.3) is 0 Å². The fourth-order valence-electron chi connectivity index (χ4n) is 1.21. The Balaban J connectivity index is 2.53. The van der Waals surface area contributed by atoms with Crippen LogP contribution in [-0.2, 0) is 0 Å². The molecule has 0 fully saturated rings. The molecule has 1 aromatic carbocycles. The van der Waals surface area contributed by atoms with E-state index in [0.717, 1.165) is 11.3 Å². The van der Waals surface area contributed by atoms with Crippen LogP contribution in [0.4, 0.5) is 0 Å². The maximum Gasteiger partial charge on any atom is 0.120 e. The second-order valence-corrected chi connectivity index (χ2v) is 4.67. The first-order valence-electron chi connectivity index (χ1n) is 5.67. The van der Waals surface area contributed by atoms with Gasteiger partial charge in [-0.3, -0.25) is 0 Å². The van der Waals surface area contributed by atoms with Gasteiger partial charge in [0.2, 0.25) is 0 Å². The highest BCUT2D eigenvalue weighted by molar-refractivity contribution is 5.79. The van der Waals surface area contributed by atoms with Crippen molar-refractivity contribution in [2.24, 2.45) is 5.10 Å². The van der Waals surface area contributed by atoms with E-state index in [4.69, 9.17) is 9.84 Å². The van der Waals surface area contributed by atoms with Crippen LogP contribution in [0, 0.1) is 0 Å². The Bertz CT molecular complexity index is 353. The van der Waals surface area contributed by atoms with Crippen LogP contribution in [0.2, 0.25) is 0 Å². The molecule has 0 heterocycles. The van der Waals surface area contributed by atoms with Crippen LogP contribution >= 0.6 is 0 Å². The van der Waals surface area contributed by atoms with E-state index >= 15 is 0 Å². The van der Waals surface area contributed by atoms with Gasteiger partial charge in [-0.2, -0.15) is 5.10 Å². The minimum absolute atomic E-state index is 0.0791. The third kappa shape index (κ3) is 5.92. The molecule has 4 heteroatoms. The predicted octanol–water partition coefficient (Wildman–Crippen LogP) is 1.78. The molecule has 4 nitrogen and oxygen atoms in total. The molecule has 2 N–H and O–H groups in total. The smallest absolute Gasteiger partial charge is 0.120 e. The van der Waals surface area contributed by atoms with Crippen molar-refractivity contribution >= 4 is 6.21 Å². The van der Waals surface area contributed by atoms with Crippen molar-refractivity contribution in [1.82, 2.24) is 5.43 Å². The zero-order valence-corrected chi connectivity index (χ0v) is 10.6. The normalized spacial score (nSPS) is 11.8. The van der Waals surface area contributed by atoms with E-state index in [9.17, 15) is 0 Å². The number of aliphatic hydroxyl groups excluding tert-OH is 1. The van der Waals surface area contributed by atoms with Crippen molar-refractivity contribution in [2.75, 3.05) is 13.2 Å². The van der Waals surface area contributed by atoms with Gasteiger partial charge in [0.15, 0.2) is 0 Å². The fourth-order valence-corrected chi connectivity index (χ4v) is 1.21. The molecule has 0 bridgehead atoms. The Morgan fingerprint density at radius 3 is 2.47 bits per heavy atom. The minimum atomic E-state index is -0.182. The quantitative estimate of drug-likeness (QED) is 0.465. The van der Waals surface area contributed by atoms with Crippen LogP contribution in [0.1, 0.15) is 26.3 Å². The Kier molecular flexibility index (Phi) is 4.97. The van der Waals surface area contributed by atoms with Gasteiger partial charge >= 0.3 is 0 Å². The fraction of sp³-hybridized carbons (Fsp3) is 0.462. The lowest BCUT2D eigenvalue weighted by molar-refractivity contribution is 0.131. The Morgan fingerprint density at radius 2 is 1.94 bits per heavy atom. The highest BCUT2D eigenvalue weighted by Crippen LogP contribution is 2.17. The monoisotopic (exact) mass is 236 g/mol. The first-order chi connectivity index (χ1) is 8.01. The lowest BCUT2D eigenvalue weighted by Crippen LogP contribution is -2.22. The number of nitrogens with one attached hydrogen (secondary N) is 1. The number of benzene rings is 1. The molecule has 0 aliphatic carbocycles. The van der Waals surface area contributed by atoms with Gasteiger partial charge < -0.3 is 15.3 Å². The van der Waals surface area contributed by atoms with Gasteiger partial charge in [0.1, 0.15) is 11.4 Å². The summed E-state index contributed by atoms with van der Waals surface area (Å²) in [5.74, 6) is 0.845. The van der Waals surface area contributed by atoms with E-state index < -0.39 is 0 Å². The summed E-state index contributed by atoms with van der Waals surface area (Å²) in [6, 6.07) is 7.70. The standard InChI is InChI=1S/C13H20N2O2/c1-13(2,3)17-12-6-4-11(5-7-12)10-15-14-8-9-16/h4-7,10,14,16H,8-9H2,1-3H3. The number of hydrogen-bond donors (Lipinski definition) is 2. The van der Waals surface area contributed by atoms with Crippen LogP contribution in [-0.4, -0.2) is 30.1 Å². The van der Waals surface area contributed by atoms with Crippen LogP contribution in [0.3, 0.4) is 0 Å². The number of ether oxygens (including phenoxy) is 1. The van der Waals surface area contributed by atoms with Gasteiger partial charge in [-0.25, -0.2) is 0 Å². The highest BCUT2D eigenvalue weighted by Gasteiger charge is 2.10. The largest absolute Gasteiger partial charge is 0.488 e. The highest BCUT2D eigenvalue weighted by atomic mass is 16.5. The third-order valence-electron chi connectivity index (χ3n) is 1.83. The van der Waals surface area contributed by atoms with Gasteiger partial charge in [0.05, 0.1) is 19.4 Å². The van der Waals surface area contributed by atoms with Crippen molar-refractivity contribution in [2.45, 2.75) is 26.4 Å². The van der Waals surface area contributed by atoms with Gasteiger partial charge in [0.25, 0.3) is 0 Å². The van der Waals surface area contributed by atoms with Crippen LogP contribution in [0.15, 0.2) is 29.4 Å². The number of hydrogen-bond acceptors (Lipinski definition) is 4. The maximum atomic E-state index is 8.56. The molecule has 0 aliphatic heterocycles. The van der Waals surface area contributed by atoms with Crippen molar-refractivity contribution in [3.8, 4) is 5.75 Å². The molecule has 0 unspecified atom stereocenters. The summed E-state index contributed by atoms with van der Waals surface area (Å²) in [5.41, 5.74) is 3.53. The lowest BCUT2D eigenvalue weighted by Gasteiger charge is -2.21. The number of rotatable bonds is 5. The van der Waals surface area contributed by atoms with Crippen LogP contribution in [0.5, 0.6) is 5.75 Å². The second-order valence-electron chi connectivity index (χ2n) is 4.67. The zero-order valence-electron chi connectivity index (χ0n) is 10.6. The van der Waals surface area contributed by atoms with Gasteiger partial charge in [-0.1, -0.05) is 0 Å². The number of hydrazone groups is 1. The molecule has 94 valence electrons. The summed E-state index contributed by atoms with van der Waals surface area (Å²) in [7, 11) is 0. The molecule has 0 aliphatic rings. The molecule has 0 saturated heterocycles. The second kappa shape index (κ2) is 6.25. The lowest BCUT2D eigenvalue weighted by atomic mass is 10.2. The van der Waals surface area contributed by atoms with Crippen molar-refractivity contribution < 1.29 is 9.84 Å². The predicted molar refractivity (Wildman–Crippen MR) is 69.5 cm³/mol. The molecule has 0 radical (unpaired) electrons. The Hall–Kier alpha value is -1.55. The topological polar surface area (TPSA) is 53.8 Å². The summed E-state index contributed by atoms with van der Waals surface area (Å²) in [4.78, 5) is 0. The van der Waals surface area contributed by atoms with E-state index in [-0.39, 0.29) is 12.2 Å². The van der Waals surface area contributed by atoms with Crippen molar-refractivity contribution in [3.05, 3.63) is 29.8 Å². The number of aliphatic hydroxyl groups is 1. The van der Waals surface area contributed by atoms with Gasteiger partial charge in [-0.15, -0.1) is 0 Å². The third-order valence-corrected chi connectivity index (χ3v) is 1.83. The Labute approximate surface area is 102 Å². The molecule has 0 saturated carbocycles. The van der Waals surface area contributed by atoms with Crippen molar-refractivity contribution in [3.63, 3.8) is 0 Å². The first kappa shape index (κ1) is 13.5. The summed E-state index contributed by atoms with van der Waals surface area (Å²) < 4.78 is 5.71. The molecule has 0 spiro atoms. The van der Waals surface area contributed by atoms with E-state index in [0.29, 0.717) is 6.54 Å². The van der Waals surface area contributed by atoms with Crippen molar-refractivity contribution in [1.29, 1.82) is 0 Å². The average Bonchev–Trinajstić information content (AvgIpc) is 2.25. The summed E-state index contributed by atoms with van der Waals surface area (Å²) in [5, 5.41) is 12.5.